The molecule has 26 heavy (non-hydrogen) atoms. The summed E-state index contributed by atoms with van der Waals surface area (Å²) in [6.07, 6.45) is 2.87. The second-order valence-corrected chi connectivity index (χ2v) is 8.53. The van der Waals surface area contributed by atoms with E-state index >= 15 is 0 Å². The van der Waals surface area contributed by atoms with Crippen molar-refractivity contribution in [3.8, 4) is 5.75 Å². The Morgan fingerprint density at radius 3 is 2.62 bits per heavy atom. The fourth-order valence-electron chi connectivity index (χ4n) is 3.43. The van der Waals surface area contributed by atoms with E-state index in [4.69, 9.17) is 4.74 Å². The van der Waals surface area contributed by atoms with E-state index in [2.05, 4.69) is 11.0 Å². The highest BCUT2D eigenvalue weighted by Crippen LogP contribution is 2.31. The lowest BCUT2D eigenvalue weighted by Gasteiger charge is -2.30. The van der Waals surface area contributed by atoms with Gasteiger partial charge in [-0.25, -0.2) is 12.4 Å². The summed E-state index contributed by atoms with van der Waals surface area (Å²) >= 11 is 0. The molecule has 0 unspecified atom stereocenters. The van der Waals surface area contributed by atoms with Crippen LogP contribution in [0.25, 0.3) is 10.9 Å². The van der Waals surface area contributed by atoms with E-state index in [0.29, 0.717) is 11.3 Å². The molecule has 136 valence electrons. The number of aryl methyl sites for hydroxylation is 1. The highest BCUT2D eigenvalue weighted by molar-refractivity contribution is 7.90. The van der Waals surface area contributed by atoms with Crippen LogP contribution in [0.2, 0.25) is 0 Å². The minimum atomic E-state index is -3.75. The lowest BCUT2D eigenvalue weighted by atomic mass is 10.1. The molecule has 3 aromatic rings. The summed E-state index contributed by atoms with van der Waals surface area (Å²) in [7, 11) is -2.26. The number of rotatable bonds is 5. The first-order valence-corrected chi connectivity index (χ1v) is 10.2. The SMILES string of the molecule is COc1ccc(C)cc1S(=O)(=O)n1ccc2c(CN3CCC3)cccc21. The second kappa shape index (κ2) is 6.45. The quantitative estimate of drug-likeness (QED) is 0.691. The number of benzene rings is 2. The van der Waals surface area contributed by atoms with E-state index in [-0.39, 0.29) is 4.90 Å². The van der Waals surface area contributed by atoms with Crippen LogP contribution >= 0.6 is 0 Å². The number of methoxy groups -OCH3 is 1. The monoisotopic (exact) mass is 370 g/mol. The average molecular weight is 370 g/mol. The minimum Gasteiger partial charge on any atom is -0.495 e. The lowest BCUT2D eigenvalue weighted by molar-refractivity contribution is 0.173. The zero-order chi connectivity index (χ0) is 18.3. The predicted octanol–water partition coefficient (Wildman–Crippen LogP) is 3.40. The number of likely N-dealkylation sites (tertiary alicyclic amines) is 1. The average Bonchev–Trinajstić information content (AvgIpc) is 3.03. The smallest absolute Gasteiger partial charge is 0.271 e. The Balaban J connectivity index is 1.84. The van der Waals surface area contributed by atoms with Crippen molar-refractivity contribution in [2.45, 2.75) is 24.8 Å². The maximum absolute atomic E-state index is 13.3. The third-order valence-corrected chi connectivity index (χ3v) is 6.70. The summed E-state index contributed by atoms with van der Waals surface area (Å²) in [5.41, 5.74) is 2.73. The van der Waals surface area contributed by atoms with Crippen molar-refractivity contribution >= 4 is 20.9 Å². The molecule has 4 rings (SSSR count). The van der Waals surface area contributed by atoms with Crippen molar-refractivity contribution in [2.75, 3.05) is 20.2 Å². The van der Waals surface area contributed by atoms with Gasteiger partial charge in [0.2, 0.25) is 0 Å². The molecular formula is C20H22N2O3S. The van der Waals surface area contributed by atoms with E-state index in [9.17, 15) is 8.42 Å². The number of ether oxygens (including phenoxy) is 1. The summed E-state index contributed by atoms with van der Waals surface area (Å²) in [5.74, 6) is 0.356. The molecule has 0 aliphatic carbocycles. The Morgan fingerprint density at radius 2 is 1.92 bits per heavy atom. The van der Waals surface area contributed by atoms with Gasteiger partial charge in [-0.15, -0.1) is 0 Å². The standard InChI is InChI=1S/C20H22N2O3S/c1-15-7-8-19(25-2)20(13-15)26(23,24)22-12-9-17-16(5-3-6-18(17)22)14-21-10-4-11-21/h3,5-9,12-13H,4,10-11,14H2,1-2H3. The van der Waals surface area contributed by atoms with Crippen LogP contribution in [0.4, 0.5) is 0 Å². The molecule has 2 aromatic carbocycles. The number of hydrogen-bond donors (Lipinski definition) is 0. The zero-order valence-electron chi connectivity index (χ0n) is 15.0. The Bertz CT molecular complexity index is 1070. The van der Waals surface area contributed by atoms with Gasteiger partial charge in [0.15, 0.2) is 0 Å². The first-order chi connectivity index (χ1) is 12.5. The molecule has 0 bridgehead atoms. The fraction of sp³-hybridized carbons (Fsp3) is 0.300. The van der Waals surface area contributed by atoms with Crippen LogP contribution in [0.1, 0.15) is 17.5 Å². The number of fused-ring (bicyclic) bond motifs is 1. The van der Waals surface area contributed by atoms with Crippen LogP contribution in [0.5, 0.6) is 5.75 Å². The molecule has 1 saturated heterocycles. The van der Waals surface area contributed by atoms with Gasteiger partial charge in [-0.2, -0.15) is 0 Å². The highest BCUT2D eigenvalue weighted by atomic mass is 32.2. The van der Waals surface area contributed by atoms with Crippen molar-refractivity contribution in [3.05, 3.63) is 59.8 Å². The van der Waals surface area contributed by atoms with Crippen molar-refractivity contribution < 1.29 is 13.2 Å². The van der Waals surface area contributed by atoms with Crippen molar-refractivity contribution in [2.24, 2.45) is 0 Å². The van der Waals surface area contributed by atoms with E-state index < -0.39 is 10.0 Å². The van der Waals surface area contributed by atoms with Gasteiger partial charge in [0, 0.05) is 18.1 Å². The minimum absolute atomic E-state index is 0.186. The van der Waals surface area contributed by atoms with Crippen molar-refractivity contribution in [1.82, 2.24) is 8.87 Å². The van der Waals surface area contributed by atoms with Gasteiger partial charge in [-0.3, -0.25) is 4.90 Å². The summed E-state index contributed by atoms with van der Waals surface area (Å²) in [6, 6.07) is 12.9. The Morgan fingerprint density at radius 1 is 1.12 bits per heavy atom. The number of hydrogen-bond acceptors (Lipinski definition) is 4. The molecular weight excluding hydrogens is 348 g/mol. The van der Waals surface area contributed by atoms with Crippen LogP contribution < -0.4 is 4.74 Å². The normalized spacial score (nSPS) is 15.2. The summed E-state index contributed by atoms with van der Waals surface area (Å²) in [6.45, 7) is 4.94. The third-order valence-electron chi connectivity index (χ3n) is 4.99. The molecule has 0 N–H and O–H groups in total. The Kier molecular flexibility index (Phi) is 4.25. The maximum Gasteiger partial charge on any atom is 0.271 e. The Hall–Kier alpha value is -2.31. The van der Waals surface area contributed by atoms with Gasteiger partial charge < -0.3 is 4.74 Å². The van der Waals surface area contributed by atoms with Crippen molar-refractivity contribution in [1.29, 1.82) is 0 Å². The van der Waals surface area contributed by atoms with E-state index in [1.165, 1.54) is 17.5 Å². The van der Waals surface area contributed by atoms with Crippen LogP contribution in [0, 0.1) is 6.92 Å². The van der Waals surface area contributed by atoms with Crippen LogP contribution in [0.3, 0.4) is 0 Å². The fourth-order valence-corrected chi connectivity index (χ4v) is 5.02. The van der Waals surface area contributed by atoms with Gasteiger partial charge in [-0.1, -0.05) is 18.2 Å². The first-order valence-electron chi connectivity index (χ1n) is 8.72. The van der Waals surface area contributed by atoms with Crippen LogP contribution in [-0.4, -0.2) is 37.5 Å². The van der Waals surface area contributed by atoms with Gasteiger partial charge in [-0.05, 0) is 61.8 Å². The molecule has 0 spiro atoms. The molecule has 2 heterocycles. The largest absolute Gasteiger partial charge is 0.495 e. The molecule has 0 radical (unpaired) electrons. The molecule has 1 aliphatic rings. The van der Waals surface area contributed by atoms with Crippen LogP contribution in [0.15, 0.2) is 53.6 Å². The van der Waals surface area contributed by atoms with Crippen LogP contribution in [-0.2, 0) is 16.6 Å². The number of nitrogens with zero attached hydrogens (tertiary/aromatic N) is 2. The molecule has 0 amide bonds. The molecule has 5 nitrogen and oxygen atoms in total. The molecule has 0 saturated carbocycles. The molecule has 6 heteroatoms. The number of aromatic nitrogens is 1. The lowest BCUT2D eigenvalue weighted by Crippen LogP contribution is -2.36. The molecule has 1 aromatic heterocycles. The summed E-state index contributed by atoms with van der Waals surface area (Å²) < 4.78 is 33.3. The van der Waals surface area contributed by atoms with Gasteiger partial charge >= 0.3 is 0 Å². The molecule has 0 atom stereocenters. The highest BCUT2D eigenvalue weighted by Gasteiger charge is 2.24. The van der Waals surface area contributed by atoms with Gasteiger partial charge in [0.1, 0.15) is 10.6 Å². The second-order valence-electron chi connectivity index (χ2n) is 6.75. The summed E-state index contributed by atoms with van der Waals surface area (Å²) in [5, 5.41) is 0.981. The molecule has 1 fully saturated rings. The van der Waals surface area contributed by atoms with E-state index in [1.807, 2.05) is 31.2 Å². The first kappa shape index (κ1) is 17.1. The Labute approximate surface area is 153 Å². The maximum atomic E-state index is 13.3. The van der Waals surface area contributed by atoms with Gasteiger partial charge in [0.25, 0.3) is 10.0 Å². The predicted molar refractivity (Wildman–Crippen MR) is 102 cm³/mol. The summed E-state index contributed by atoms with van der Waals surface area (Å²) in [4.78, 5) is 2.55. The zero-order valence-corrected chi connectivity index (χ0v) is 15.8. The van der Waals surface area contributed by atoms with Gasteiger partial charge in [0.05, 0.1) is 12.6 Å². The van der Waals surface area contributed by atoms with E-state index in [0.717, 1.165) is 36.1 Å². The third kappa shape index (κ3) is 2.79. The topological polar surface area (TPSA) is 51.5 Å². The van der Waals surface area contributed by atoms with E-state index in [1.54, 1.807) is 18.3 Å². The van der Waals surface area contributed by atoms with Crippen molar-refractivity contribution in [3.63, 3.8) is 0 Å². The molecule has 1 aliphatic heterocycles.